The maximum absolute atomic E-state index is 5.50. The number of fused-ring (bicyclic) bond motifs is 7. The van der Waals surface area contributed by atoms with Crippen molar-refractivity contribution >= 4 is 56.0 Å². The van der Waals surface area contributed by atoms with Gasteiger partial charge in [-0.1, -0.05) is 128 Å². The number of aromatic nitrogens is 1. The van der Waals surface area contributed by atoms with Crippen molar-refractivity contribution in [3.05, 3.63) is 173 Å². The lowest BCUT2D eigenvalue weighted by molar-refractivity contribution is 0.720. The van der Waals surface area contributed by atoms with Gasteiger partial charge < -0.3 is 0 Å². The Morgan fingerprint density at radius 3 is 2.22 bits per heavy atom. The van der Waals surface area contributed by atoms with E-state index in [1.165, 1.54) is 65.7 Å². The molecule has 2 unspecified atom stereocenters. The van der Waals surface area contributed by atoms with E-state index in [4.69, 9.17) is 15.0 Å². The van der Waals surface area contributed by atoms with Gasteiger partial charge in [-0.25, -0.2) is 4.99 Å². The van der Waals surface area contributed by atoms with Crippen LogP contribution in [-0.2, 0) is 12.8 Å². The van der Waals surface area contributed by atoms with Crippen molar-refractivity contribution in [1.82, 2.24) is 4.98 Å². The summed E-state index contributed by atoms with van der Waals surface area (Å²) < 4.78 is 0. The van der Waals surface area contributed by atoms with Crippen LogP contribution in [0.2, 0.25) is 0 Å². The van der Waals surface area contributed by atoms with Gasteiger partial charge in [0.1, 0.15) is 0 Å². The van der Waals surface area contributed by atoms with Crippen molar-refractivity contribution in [1.29, 1.82) is 0 Å². The summed E-state index contributed by atoms with van der Waals surface area (Å²) in [7, 11) is 0. The second-order valence-electron chi connectivity index (χ2n) is 14.3. The SMILES string of the molecule is CC1C=Cc2c(C3=NC(c4ccc(-c5nccc6c5C=CCC6)cc4)=NC(c4cc5ccccc5c5ccccc45)C3)cc3ccccc3c2C1. The molecule has 6 aromatic carbocycles. The minimum absolute atomic E-state index is 0.0942. The van der Waals surface area contributed by atoms with Gasteiger partial charge in [0.25, 0.3) is 0 Å². The zero-order valence-corrected chi connectivity index (χ0v) is 28.7. The number of nitrogens with zero attached hydrogens (tertiary/aromatic N) is 3. The number of allylic oxidation sites excluding steroid dienone is 2. The van der Waals surface area contributed by atoms with E-state index < -0.39 is 0 Å². The minimum atomic E-state index is -0.0942. The number of amidine groups is 1. The summed E-state index contributed by atoms with van der Waals surface area (Å²) in [5, 5.41) is 7.65. The highest BCUT2D eigenvalue weighted by molar-refractivity contribution is 6.17. The third kappa shape index (κ3) is 5.15. The van der Waals surface area contributed by atoms with Crippen LogP contribution < -0.4 is 0 Å². The summed E-state index contributed by atoms with van der Waals surface area (Å²) in [5.41, 5.74) is 12.1. The molecule has 0 bridgehead atoms. The summed E-state index contributed by atoms with van der Waals surface area (Å²) in [6.07, 6.45) is 15.0. The van der Waals surface area contributed by atoms with Gasteiger partial charge >= 0.3 is 0 Å². The van der Waals surface area contributed by atoms with Crippen molar-refractivity contribution < 1.29 is 0 Å². The molecular formula is C48H37N3. The average Bonchev–Trinajstić information content (AvgIpc) is 3.20. The third-order valence-electron chi connectivity index (χ3n) is 11.1. The summed E-state index contributed by atoms with van der Waals surface area (Å²) in [5.74, 6) is 1.28. The molecule has 0 N–H and O–H groups in total. The van der Waals surface area contributed by atoms with Crippen molar-refractivity contribution in [2.45, 2.75) is 38.6 Å². The van der Waals surface area contributed by atoms with Gasteiger partial charge in [0, 0.05) is 34.9 Å². The Morgan fingerprint density at radius 2 is 1.37 bits per heavy atom. The molecule has 10 rings (SSSR count). The molecule has 2 aliphatic carbocycles. The number of rotatable bonds is 4. The number of pyridine rings is 1. The molecular weight excluding hydrogens is 619 g/mol. The fourth-order valence-electron chi connectivity index (χ4n) is 8.53. The number of aliphatic imine (C=N–C) groups is 2. The van der Waals surface area contributed by atoms with E-state index in [0.717, 1.165) is 54.1 Å². The van der Waals surface area contributed by atoms with Crippen molar-refractivity contribution in [3.8, 4) is 11.3 Å². The van der Waals surface area contributed by atoms with Gasteiger partial charge in [0.2, 0.25) is 0 Å². The lowest BCUT2D eigenvalue weighted by atomic mass is 9.81. The highest BCUT2D eigenvalue weighted by Gasteiger charge is 2.27. The van der Waals surface area contributed by atoms with Gasteiger partial charge in [-0.3, -0.25) is 9.98 Å². The molecule has 0 spiro atoms. The summed E-state index contributed by atoms with van der Waals surface area (Å²) in [4.78, 5) is 15.8. The quantitative estimate of drug-likeness (QED) is 0.174. The van der Waals surface area contributed by atoms with Gasteiger partial charge in [-0.15, -0.1) is 0 Å². The van der Waals surface area contributed by atoms with Crippen LogP contribution >= 0.6 is 0 Å². The van der Waals surface area contributed by atoms with E-state index in [2.05, 4.69) is 146 Å². The Bertz CT molecular complexity index is 2660. The Labute approximate surface area is 298 Å². The predicted molar refractivity (Wildman–Crippen MR) is 215 cm³/mol. The maximum atomic E-state index is 5.50. The summed E-state index contributed by atoms with van der Waals surface area (Å²) >= 11 is 0. The van der Waals surface area contributed by atoms with Crippen LogP contribution in [0, 0.1) is 5.92 Å². The average molecular weight is 656 g/mol. The second kappa shape index (κ2) is 12.1. The molecule has 51 heavy (non-hydrogen) atoms. The van der Waals surface area contributed by atoms with E-state index in [9.17, 15) is 0 Å². The molecule has 0 saturated carbocycles. The first-order valence-corrected chi connectivity index (χ1v) is 18.2. The first-order valence-electron chi connectivity index (χ1n) is 18.2. The normalized spacial score (nSPS) is 18.1. The topological polar surface area (TPSA) is 37.6 Å². The van der Waals surface area contributed by atoms with Gasteiger partial charge in [0.15, 0.2) is 5.84 Å². The number of hydrogen-bond acceptors (Lipinski definition) is 3. The van der Waals surface area contributed by atoms with Gasteiger partial charge in [0.05, 0.1) is 17.4 Å². The molecule has 3 nitrogen and oxygen atoms in total. The summed E-state index contributed by atoms with van der Waals surface area (Å²) in [6.45, 7) is 2.31. The molecule has 0 fully saturated rings. The van der Waals surface area contributed by atoms with Crippen LogP contribution in [0.5, 0.6) is 0 Å². The first-order chi connectivity index (χ1) is 25.2. The van der Waals surface area contributed by atoms with Gasteiger partial charge in [-0.05, 0) is 98.0 Å². The fourth-order valence-corrected chi connectivity index (χ4v) is 8.53. The summed E-state index contributed by atoms with van der Waals surface area (Å²) in [6, 6.07) is 41.9. The predicted octanol–water partition coefficient (Wildman–Crippen LogP) is 11.8. The van der Waals surface area contributed by atoms with E-state index in [1.54, 1.807) is 0 Å². The van der Waals surface area contributed by atoms with Crippen LogP contribution in [-0.4, -0.2) is 16.5 Å². The van der Waals surface area contributed by atoms with E-state index >= 15 is 0 Å². The number of aryl methyl sites for hydroxylation is 1. The van der Waals surface area contributed by atoms with Crippen LogP contribution in [0.3, 0.4) is 0 Å². The molecule has 1 aliphatic heterocycles. The van der Waals surface area contributed by atoms with E-state index in [1.807, 2.05) is 6.20 Å². The smallest absolute Gasteiger partial charge is 0.155 e. The second-order valence-corrected chi connectivity index (χ2v) is 14.3. The molecule has 7 aromatic rings. The monoisotopic (exact) mass is 655 g/mol. The Balaban J connectivity index is 1.16. The first kappa shape index (κ1) is 29.9. The Hall–Kier alpha value is -5.93. The molecule has 3 aliphatic rings. The van der Waals surface area contributed by atoms with E-state index in [-0.39, 0.29) is 6.04 Å². The van der Waals surface area contributed by atoms with E-state index in [0.29, 0.717) is 5.92 Å². The Kier molecular flexibility index (Phi) is 7.13. The standard InChI is InChI=1S/C48H37N3/c1-30-18-23-41-42(26-30)37-14-6-4-12-35(37)28-44(41)46-29-45(43-27-34-11-3-5-13-36(34)39-16-8-9-17-40(39)43)50-48(51-46)33-21-19-32(20-22-33)47-38-15-7-2-10-31(38)24-25-49-47/h3-9,11-25,27-28,30,45H,2,10,26,29H2,1H3. The third-order valence-corrected chi connectivity index (χ3v) is 11.1. The van der Waals surface area contributed by atoms with Crippen LogP contribution in [0.1, 0.15) is 64.8 Å². The number of hydrogen-bond donors (Lipinski definition) is 0. The van der Waals surface area contributed by atoms with Crippen LogP contribution in [0.4, 0.5) is 0 Å². The largest absolute Gasteiger partial charge is 0.258 e. The van der Waals surface area contributed by atoms with Crippen molar-refractivity contribution in [2.24, 2.45) is 15.9 Å². The van der Waals surface area contributed by atoms with Gasteiger partial charge in [-0.2, -0.15) is 0 Å². The maximum Gasteiger partial charge on any atom is 0.155 e. The molecule has 0 radical (unpaired) electrons. The van der Waals surface area contributed by atoms with Crippen LogP contribution in [0.15, 0.2) is 144 Å². The molecule has 0 amide bonds. The fraction of sp³-hybridized carbons (Fsp3) is 0.146. The molecule has 0 saturated heterocycles. The van der Waals surface area contributed by atoms with Crippen LogP contribution in [0.25, 0.3) is 55.7 Å². The minimum Gasteiger partial charge on any atom is -0.258 e. The Morgan fingerprint density at radius 1 is 0.647 bits per heavy atom. The zero-order valence-electron chi connectivity index (χ0n) is 28.7. The lowest BCUT2D eigenvalue weighted by Gasteiger charge is -2.26. The molecule has 2 heterocycles. The van der Waals surface area contributed by atoms with Crippen molar-refractivity contribution in [2.75, 3.05) is 0 Å². The number of benzene rings is 6. The molecule has 3 heteroatoms. The molecule has 244 valence electrons. The molecule has 1 aromatic heterocycles. The highest BCUT2D eigenvalue weighted by Crippen LogP contribution is 2.40. The lowest BCUT2D eigenvalue weighted by Crippen LogP contribution is -2.20. The van der Waals surface area contributed by atoms with Crippen molar-refractivity contribution in [3.63, 3.8) is 0 Å². The highest BCUT2D eigenvalue weighted by atomic mass is 15.0. The molecule has 2 atom stereocenters. The zero-order chi connectivity index (χ0) is 33.9.